The summed E-state index contributed by atoms with van der Waals surface area (Å²) in [4.78, 5) is 29.8. The number of benzene rings is 1. The Balaban J connectivity index is 1.50. The monoisotopic (exact) mass is 427 g/mol. The molecule has 8 nitrogen and oxygen atoms in total. The fourth-order valence-corrected chi connectivity index (χ4v) is 3.69. The smallest absolute Gasteiger partial charge is 0.251 e. The first-order valence-corrected chi connectivity index (χ1v) is 10.4. The van der Waals surface area contributed by atoms with Gasteiger partial charge >= 0.3 is 0 Å². The molecule has 1 aromatic carbocycles. The van der Waals surface area contributed by atoms with Crippen molar-refractivity contribution >= 4 is 28.4 Å². The third kappa shape index (κ3) is 4.34. The van der Waals surface area contributed by atoms with Gasteiger partial charge in [0.1, 0.15) is 18.0 Å². The van der Waals surface area contributed by atoms with E-state index in [2.05, 4.69) is 42.0 Å². The predicted molar refractivity (Wildman–Crippen MR) is 127 cm³/mol. The van der Waals surface area contributed by atoms with Crippen LogP contribution in [0, 0.1) is 6.92 Å². The van der Waals surface area contributed by atoms with Crippen LogP contribution in [0.5, 0.6) is 0 Å². The number of hydrogen-bond acceptors (Lipinski definition) is 7. The average Bonchev–Trinajstić information content (AvgIpc) is 2.83. The van der Waals surface area contributed by atoms with Crippen LogP contribution in [0.3, 0.4) is 0 Å². The lowest BCUT2D eigenvalue weighted by molar-refractivity contribution is 0.0964. The highest BCUT2D eigenvalue weighted by Crippen LogP contribution is 2.23. The predicted octanol–water partition coefficient (Wildman–Crippen LogP) is 3.45. The van der Waals surface area contributed by atoms with Crippen LogP contribution in [-0.4, -0.2) is 46.5 Å². The first-order chi connectivity index (χ1) is 15.6. The summed E-state index contributed by atoms with van der Waals surface area (Å²) in [5, 5.41) is 9.97. The average molecular weight is 428 g/mol. The zero-order chi connectivity index (χ0) is 22.5. The molecule has 3 aromatic heterocycles. The van der Waals surface area contributed by atoms with Gasteiger partial charge in [-0.05, 0) is 36.6 Å². The third-order valence-corrected chi connectivity index (χ3v) is 5.30. The summed E-state index contributed by atoms with van der Waals surface area (Å²) >= 11 is 0. The molecule has 3 heterocycles. The highest BCUT2D eigenvalue weighted by molar-refractivity contribution is 6.06. The molecular weight excluding hydrogens is 402 g/mol. The molecule has 0 unspecified atom stereocenters. The molecule has 0 aliphatic heterocycles. The number of nitrogens with one attached hydrogen (secondary N) is 3. The minimum absolute atomic E-state index is 0.117. The number of hydrogen-bond donors (Lipinski definition) is 3. The number of fused-ring (bicyclic) bond motifs is 1. The first-order valence-electron chi connectivity index (χ1n) is 10.4. The molecule has 4 aromatic rings. The number of pyridine rings is 2. The molecule has 8 heteroatoms. The van der Waals surface area contributed by atoms with Crippen molar-refractivity contribution in [1.29, 1.82) is 0 Å². The van der Waals surface area contributed by atoms with Gasteiger partial charge in [-0.1, -0.05) is 18.2 Å². The van der Waals surface area contributed by atoms with Gasteiger partial charge in [0.15, 0.2) is 0 Å². The van der Waals surface area contributed by atoms with Gasteiger partial charge in [-0.25, -0.2) is 15.0 Å². The van der Waals surface area contributed by atoms with Gasteiger partial charge in [-0.15, -0.1) is 0 Å². The van der Waals surface area contributed by atoms with E-state index in [0.717, 1.165) is 51.3 Å². The molecule has 0 aliphatic carbocycles. The molecule has 0 fully saturated rings. The molecule has 32 heavy (non-hydrogen) atoms. The molecule has 1 amide bonds. The van der Waals surface area contributed by atoms with Crippen molar-refractivity contribution in [3.8, 4) is 11.3 Å². The minimum atomic E-state index is -0.117. The zero-order valence-corrected chi connectivity index (χ0v) is 18.3. The molecule has 3 N–H and O–H groups in total. The first kappa shape index (κ1) is 21.2. The van der Waals surface area contributed by atoms with E-state index in [9.17, 15) is 4.79 Å². The van der Waals surface area contributed by atoms with E-state index in [1.807, 2.05) is 38.2 Å². The Morgan fingerprint density at radius 3 is 2.69 bits per heavy atom. The summed E-state index contributed by atoms with van der Waals surface area (Å²) in [5.74, 6) is 1.47. The second kappa shape index (κ2) is 9.38. The molecule has 0 radical (unpaired) electrons. The normalized spacial score (nSPS) is 10.7. The van der Waals surface area contributed by atoms with Gasteiger partial charge in [0.25, 0.3) is 5.91 Å². The Hall–Kier alpha value is -4.07. The Labute approximate surface area is 186 Å². The van der Waals surface area contributed by atoms with E-state index >= 15 is 0 Å². The summed E-state index contributed by atoms with van der Waals surface area (Å²) in [5.41, 5.74) is 5.33. The lowest BCUT2D eigenvalue weighted by Crippen LogP contribution is -2.18. The van der Waals surface area contributed by atoms with Crippen molar-refractivity contribution in [2.45, 2.75) is 13.3 Å². The van der Waals surface area contributed by atoms with Crippen molar-refractivity contribution in [3.63, 3.8) is 0 Å². The highest BCUT2D eigenvalue weighted by atomic mass is 16.1. The van der Waals surface area contributed by atoms with Gasteiger partial charge in [-0.3, -0.25) is 9.78 Å². The number of carbonyl (C=O) groups is 1. The summed E-state index contributed by atoms with van der Waals surface area (Å²) in [6.07, 6.45) is 5.76. The number of rotatable bonds is 7. The van der Waals surface area contributed by atoms with E-state index in [1.54, 1.807) is 31.8 Å². The standard InChI is InChI=1S/C24H25N7O/c1-15-11-17(13-29-23(15)25-2)20-12-21(31-14-30-20)27-9-7-16-5-4-6-18-19(24(32)26-3)8-10-28-22(16)18/h4-6,8,10-14H,7,9H2,1-3H3,(H,25,29)(H,26,32)(H,27,30,31). The molecule has 0 saturated carbocycles. The second-order valence-corrected chi connectivity index (χ2v) is 7.36. The summed E-state index contributed by atoms with van der Waals surface area (Å²) in [6.45, 7) is 2.67. The molecule has 0 saturated heterocycles. The Morgan fingerprint density at radius 1 is 1.03 bits per heavy atom. The fourth-order valence-electron chi connectivity index (χ4n) is 3.69. The number of aromatic nitrogens is 4. The Bertz CT molecular complexity index is 1270. The van der Waals surface area contributed by atoms with Gasteiger partial charge in [0.2, 0.25) is 0 Å². The molecule has 0 spiro atoms. The molecule has 4 rings (SSSR count). The Morgan fingerprint density at radius 2 is 1.91 bits per heavy atom. The maximum Gasteiger partial charge on any atom is 0.251 e. The van der Waals surface area contributed by atoms with Crippen LogP contribution in [0.15, 0.2) is 55.1 Å². The maximum atomic E-state index is 12.2. The number of nitrogens with zero attached hydrogens (tertiary/aromatic N) is 4. The van der Waals surface area contributed by atoms with Crippen LogP contribution in [0.25, 0.3) is 22.2 Å². The van der Waals surface area contributed by atoms with E-state index < -0.39 is 0 Å². The maximum absolute atomic E-state index is 12.2. The van der Waals surface area contributed by atoms with E-state index in [-0.39, 0.29) is 5.91 Å². The lowest BCUT2D eigenvalue weighted by atomic mass is 10.0. The van der Waals surface area contributed by atoms with Crippen LogP contribution >= 0.6 is 0 Å². The van der Waals surface area contributed by atoms with Crippen LogP contribution in [-0.2, 0) is 6.42 Å². The van der Waals surface area contributed by atoms with Gasteiger partial charge in [-0.2, -0.15) is 0 Å². The summed E-state index contributed by atoms with van der Waals surface area (Å²) < 4.78 is 0. The van der Waals surface area contributed by atoms with Crippen LogP contribution in [0.2, 0.25) is 0 Å². The molecular formula is C24H25N7O. The third-order valence-electron chi connectivity index (χ3n) is 5.30. The zero-order valence-electron chi connectivity index (χ0n) is 18.3. The molecule has 0 atom stereocenters. The second-order valence-electron chi connectivity index (χ2n) is 7.36. The van der Waals surface area contributed by atoms with E-state index in [0.29, 0.717) is 12.1 Å². The van der Waals surface area contributed by atoms with Gasteiger partial charge in [0.05, 0.1) is 16.8 Å². The lowest BCUT2D eigenvalue weighted by Gasteiger charge is -2.11. The highest BCUT2D eigenvalue weighted by Gasteiger charge is 2.11. The molecule has 0 aliphatic rings. The topological polar surface area (TPSA) is 105 Å². The summed E-state index contributed by atoms with van der Waals surface area (Å²) in [7, 11) is 3.48. The molecule has 162 valence electrons. The Kier molecular flexibility index (Phi) is 6.21. The van der Waals surface area contributed by atoms with Crippen molar-refractivity contribution in [1.82, 2.24) is 25.3 Å². The van der Waals surface area contributed by atoms with E-state index in [1.165, 1.54) is 0 Å². The van der Waals surface area contributed by atoms with Crippen LogP contribution in [0.1, 0.15) is 21.5 Å². The number of amides is 1. The van der Waals surface area contributed by atoms with Crippen molar-refractivity contribution in [2.24, 2.45) is 0 Å². The van der Waals surface area contributed by atoms with Crippen molar-refractivity contribution in [2.75, 3.05) is 31.3 Å². The van der Waals surface area contributed by atoms with Crippen molar-refractivity contribution < 1.29 is 4.79 Å². The van der Waals surface area contributed by atoms with Gasteiger partial charge < -0.3 is 16.0 Å². The molecule has 0 bridgehead atoms. The number of carbonyl (C=O) groups excluding carboxylic acids is 1. The number of para-hydroxylation sites is 1. The van der Waals surface area contributed by atoms with Crippen molar-refractivity contribution in [3.05, 3.63) is 71.8 Å². The number of aryl methyl sites for hydroxylation is 1. The minimum Gasteiger partial charge on any atom is -0.373 e. The van der Waals surface area contributed by atoms with E-state index in [4.69, 9.17) is 0 Å². The summed E-state index contributed by atoms with van der Waals surface area (Å²) in [6, 6.07) is 11.6. The SMILES string of the molecule is CNC(=O)c1ccnc2c(CCNc3cc(-c4cnc(NC)c(C)c4)ncn3)cccc12. The number of anilines is 2. The quantitative estimate of drug-likeness (QED) is 0.415. The van der Waals surface area contributed by atoms with Crippen LogP contribution < -0.4 is 16.0 Å². The fraction of sp³-hybridized carbons (Fsp3) is 0.208. The van der Waals surface area contributed by atoms with Crippen LogP contribution in [0.4, 0.5) is 11.6 Å². The largest absolute Gasteiger partial charge is 0.373 e. The van der Waals surface area contributed by atoms with Gasteiger partial charge in [0, 0.05) is 50.0 Å².